The highest BCUT2D eigenvalue weighted by Crippen LogP contribution is 2.19. The summed E-state index contributed by atoms with van der Waals surface area (Å²) in [5.41, 5.74) is 2.28. The summed E-state index contributed by atoms with van der Waals surface area (Å²) in [5.74, 6) is 1.04. The fourth-order valence-corrected chi connectivity index (χ4v) is 1.67. The maximum atomic E-state index is 7.81. The molecule has 0 heterocycles. The first kappa shape index (κ1) is 11.2. The van der Waals surface area contributed by atoms with Crippen molar-refractivity contribution < 1.29 is 0 Å². The molecule has 0 aromatic carbocycles. The van der Waals surface area contributed by atoms with Gasteiger partial charge in [-0.05, 0) is 44.1 Å². The van der Waals surface area contributed by atoms with Crippen molar-refractivity contribution in [2.45, 2.75) is 40.0 Å². The van der Waals surface area contributed by atoms with Crippen LogP contribution in [0, 0.1) is 17.2 Å². The zero-order valence-electron chi connectivity index (χ0n) is 9.51. The van der Waals surface area contributed by atoms with Crippen LogP contribution < -0.4 is 0 Å². The summed E-state index contributed by atoms with van der Waals surface area (Å²) in [6, 6.07) is 0. The van der Waals surface area contributed by atoms with E-state index in [2.05, 4.69) is 32.9 Å². The molecule has 0 saturated heterocycles. The third-order valence-corrected chi connectivity index (χ3v) is 3.16. The van der Waals surface area contributed by atoms with Gasteiger partial charge < -0.3 is 5.41 Å². The molecule has 0 fully saturated rings. The van der Waals surface area contributed by atoms with Gasteiger partial charge in [-0.1, -0.05) is 31.6 Å². The highest BCUT2D eigenvalue weighted by atomic mass is 14.4. The predicted molar refractivity (Wildman–Crippen MR) is 62.8 cm³/mol. The average Bonchev–Trinajstić information content (AvgIpc) is 2.15. The normalized spacial score (nSPS) is 32.2. The van der Waals surface area contributed by atoms with Crippen molar-refractivity contribution in [3.05, 3.63) is 23.8 Å². The molecule has 2 atom stereocenters. The minimum absolute atomic E-state index is 0.406. The quantitative estimate of drug-likeness (QED) is 0.560. The molecule has 0 aromatic heterocycles. The molecule has 1 aliphatic carbocycles. The maximum absolute atomic E-state index is 7.81. The van der Waals surface area contributed by atoms with Gasteiger partial charge in [-0.25, -0.2) is 0 Å². The summed E-state index contributed by atoms with van der Waals surface area (Å²) < 4.78 is 0. The van der Waals surface area contributed by atoms with E-state index in [1.807, 2.05) is 6.08 Å². The Morgan fingerprint density at radius 3 is 2.71 bits per heavy atom. The molecule has 0 amide bonds. The second-order valence-electron chi connectivity index (χ2n) is 4.42. The SMILES string of the molecule is CC1=CCCC(C)C(=N)/C=C/CC1C. The average molecular weight is 191 g/mol. The third kappa shape index (κ3) is 3.13. The summed E-state index contributed by atoms with van der Waals surface area (Å²) in [6.45, 7) is 6.61. The molecule has 0 bridgehead atoms. The molecule has 78 valence electrons. The fourth-order valence-electron chi connectivity index (χ4n) is 1.67. The van der Waals surface area contributed by atoms with E-state index in [4.69, 9.17) is 5.41 Å². The minimum atomic E-state index is 0.406. The molecule has 1 N–H and O–H groups in total. The van der Waals surface area contributed by atoms with Crippen LogP contribution in [0.2, 0.25) is 0 Å². The van der Waals surface area contributed by atoms with Crippen LogP contribution in [-0.4, -0.2) is 5.71 Å². The molecule has 1 aliphatic rings. The van der Waals surface area contributed by atoms with Crippen LogP contribution in [-0.2, 0) is 0 Å². The first-order chi connectivity index (χ1) is 6.61. The van der Waals surface area contributed by atoms with Crippen LogP contribution in [0.25, 0.3) is 0 Å². The number of hydrogen-bond donors (Lipinski definition) is 1. The van der Waals surface area contributed by atoms with Crippen LogP contribution in [0.5, 0.6) is 0 Å². The Hall–Kier alpha value is -0.850. The van der Waals surface area contributed by atoms with E-state index in [1.54, 1.807) is 0 Å². The van der Waals surface area contributed by atoms with Gasteiger partial charge in [0.2, 0.25) is 0 Å². The van der Waals surface area contributed by atoms with Crippen molar-refractivity contribution in [2.75, 3.05) is 0 Å². The molecule has 14 heavy (non-hydrogen) atoms. The van der Waals surface area contributed by atoms with Crippen LogP contribution in [0.1, 0.15) is 40.0 Å². The Kier molecular flexibility index (Phi) is 4.12. The van der Waals surface area contributed by atoms with Gasteiger partial charge in [-0.2, -0.15) is 0 Å². The van der Waals surface area contributed by atoms with Crippen molar-refractivity contribution >= 4 is 5.71 Å². The Balaban J connectivity index is 2.71. The van der Waals surface area contributed by atoms with Crippen molar-refractivity contribution in [3.63, 3.8) is 0 Å². The lowest BCUT2D eigenvalue weighted by Gasteiger charge is -2.14. The van der Waals surface area contributed by atoms with Crippen molar-refractivity contribution in [1.82, 2.24) is 0 Å². The molecular formula is C13H21N. The second-order valence-corrected chi connectivity index (χ2v) is 4.42. The molecule has 2 unspecified atom stereocenters. The third-order valence-electron chi connectivity index (χ3n) is 3.16. The van der Waals surface area contributed by atoms with Crippen LogP contribution in [0.4, 0.5) is 0 Å². The van der Waals surface area contributed by atoms with Gasteiger partial charge in [0.1, 0.15) is 0 Å². The Morgan fingerprint density at radius 1 is 1.29 bits per heavy atom. The first-order valence-electron chi connectivity index (χ1n) is 5.53. The molecule has 1 nitrogen and oxygen atoms in total. The maximum Gasteiger partial charge on any atom is 0.0339 e. The predicted octanol–water partition coefficient (Wildman–Crippen LogP) is 3.96. The first-order valence-corrected chi connectivity index (χ1v) is 5.53. The summed E-state index contributed by atoms with van der Waals surface area (Å²) in [4.78, 5) is 0. The number of nitrogens with one attached hydrogen (secondary N) is 1. The van der Waals surface area contributed by atoms with E-state index in [1.165, 1.54) is 5.57 Å². The van der Waals surface area contributed by atoms with Gasteiger partial charge in [-0.15, -0.1) is 0 Å². The van der Waals surface area contributed by atoms with Crippen LogP contribution in [0.15, 0.2) is 23.8 Å². The summed E-state index contributed by atoms with van der Waals surface area (Å²) in [6.07, 6.45) is 9.76. The highest BCUT2D eigenvalue weighted by Gasteiger charge is 2.08. The monoisotopic (exact) mass is 191 g/mol. The van der Waals surface area contributed by atoms with Gasteiger partial charge in [0, 0.05) is 5.71 Å². The molecule has 0 saturated carbocycles. The molecule has 1 rings (SSSR count). The Bertz CT molecular complexity index is 260. The molecule has 0 spiro atoms. The lowest BCUT2D eigenvalue weighted by molar-refractivity contribution is 0.656. The van der Waals surface area contributed by atoms with E-state index >= 15 is 0 Å². The fraction of sp³-hybridized carbons (Fsp3) is 0.615. The Labute approximate surface area is 87.4 Å². The second kappa shape index (κ2) is 5.14. The largest absolute Gasteiger partial charge is 0.305 e. The van der Waals surface area contributed by atoms with Gasteiger partial charge >= 0.3 is 0 Å². The summed E-state index contributed by atoms with van der Waals surface area (Å²) >= 11 is 0. The van der Waals surface area contributed by atoms with Gasteiger partial charge in [0.05, 0.1) is 0 Å². The molecule has 0 aliphatic heterocycles. The van der Waals surface area contributed by atoms with Gasteiger partial charge in [-0.3, -0.25) is 0 Å². The molecule has 0 aromatic rings. The van der Waals surface area contributed by atoms with Crippen molar-refractivity contribution in [2.24, 2.45) is 11.8 Å². The van der Waals surface area contributed by atoms with E-state index < -0.39 is 0 Å². The topological polar surface area (TPSA) is 23.9 Å². The zero-order valence-corrected chi connectivity index (χ0v) is 9.51. The molecular weight excluding hydrogens is 170 g/mol. The van der Waals surface area contributed by atoms with E-state index in [9.17, 15) is 0 Å². The highest BCUT2D eigenvalue weighted by molar-refractivity contribution is 5.93. The van der Waals surface area contributed by atoms with Crippen LogP contribution in [0.3, 0.4) is 0 Å². The van der Waals surface area contributed by atoms with Gasteiger partial charge in [0.25, 0.3) is 0 Å². The van der Waals surface area contributed by atoms with E-state index in [0.717, 1.165) is 25.0 Å². The molecule has 1 heteroatoms. The minimum Gasteiger partial charge on any atom is -0.305 e. The Morgan fingerprint density at radius 2 is 2.00 bits per heavy atom. The standard InChI is InChI=1S/C13H21N/c1-10-6-4-8-12(3)13(14)9-5-7-11(10)2/h5-6,9,11-12,14H,4,7-8H2,1-3H3/b9-5+,10-6?,14-13?. The van der Waals surface area contributed by atoms with E-state index in [0.29, 0.717) is 11.8 Å². The number of hydrogen-bond acceptors (Lipinski definition) is 1. The number of rotatable bonds is 0. The lowest BCUT2D eigenvalue weighted by atomic mass is 9.92. The molecule has 0 radical (unpaired) electrons. The van der Waals surface area contributed by atoms with Crippen LogP contribution >= 0.6 is 0 Å². The van der Waals surface area contributed by atoms with Crippen molar-refractivity contribution in [3.8, 4) is 0 Å². The van der Waals surface area contributed by atoms with Crippen molar-refractivity contribution in [1.29, 1.82) is 5.41 Å². The summed E-state index contributed by atoms with van der Waals surface area (Å²) in [7, 11) is 0. The summed E-state index contributed by atoms with van der Waals surface area (Å²) in [5, 5.41) is 7.81. The smallest absolute Gasteiger partial charge is 0.0339 e. The van der Waals surface area contributed by atoms with Gasteiger partial charge in [0.15, 0.2) is 0 Å². The lowest BCUT2D eigenvalue weighted by Crippen LogP contribution is -2.08. The number of allylic oxidation sites excluding steroid dienone is 4. The zero-order chi connectivity index (χ0) is 10.6. The van der Waals surface area contributed by atoms with E-state index in [-0.39, 0.29) is 0 Å².